The Hall–Kier alpha value is -2.85. The van der Waals surface area contributed by atoms with Crippen molar-refractivity contribution in [1.82, 2.24) is 19.2 Å². The summed E-state index contributed by atoms with van der Waals surface area (Å²) in [6, 6.07) is 2.85. The molecule has 0 fully saturated rings. The highest BCUT2D eigenvalue weighted by molar-refractivity contribution is 5.66. The van der Waals surface area contributed by atoms with E-state index in [-0.39, 0.29) is 11.2 Å². The molecule has 3 aromatic heterocycles. The van der Waals surface area contributed by atoms with Crippen molar-refractivity contribution in [2.24, 2.45) is 0 Å². The minimum atomic E-state index is -4.93. The Kier molecular flexibility index (Phi) is 4.48. The molecule has 0 N–H and O–H groups in total. The zero-order valence-corrected chi connectivity index (χ0v) is 13.8. The molecule has 0 aliphatic carbocycles. The van der Waals surface area contributed by atoms with E-state index in [1.807, 2.05) is 0 Å². The summed E-state index contributed by atoms with van der Waals surface area (Å²) in [4.78, 5) is 16.2. The maximum atomic E-state index is 13.5. The van der Waals surface area contributed by atoms with Crippen molar-refractivity contribution in [2.75, 3.05) is 0 Å². The highest BCUT2D eigenvalue weighted by Crippen LogP contribution is 2.34. The normalized spacial score (nSPS) is 12.7. The second-order valence-corrected chi connectivity index (χ2v) is 5.93. The third-order valence-corrected chi connectivity index (χ3v) is 3.80. The van der Waals surface area contributed by atoms with Crippen LogP contribution in [-0.2, 0) is 12.7 Å². The fourth-order valence-corrected chi connectivity index (χ4v) is 2.56. The monoisotopic (exact) mass is 390 g/mol. The Balaban J connectivity index is 2.16. The number of pyridine rings is 1. The van der Waals surface area contributed by atoms with Gasteiger partial charge in [-0.15, -0.1) is 0 Å². The van der Waals surface area contributed by atoms with E-state index in [2.05, 4.69) is 10.1 Å². The predicted molar refractivity (Wildman–Crippen MR) is 83.1 cm³/mol. The third-order valence-electron chi connectivity index (χ3n) is 3.80. The lowest BCUT2D eigenvalue weighted by Crippen LogP contribution is -2.24. The van der Waals surface area contributed by atoms with Crippen LogP contribution < -0.4 is 5.56 Å². The first kappa shape index (κ1) is 18.9. The summed E-state index contributed by atoms with van der Waals surface area (Å²) in [7, 11) is 0. The zero-order valence-electron chi connectivity index (χ0n) is 13.8. The standard InChI is InChI=1S/C16H12F6N4O/c1-9-2-4-26-11(6-9)24-13(16(20,21)22)12(14(26)27)10-7-23-25(8-10)5-3-15(17,18)19/h2,4,6-8H,3,5H2,1H3. The molecule has 0 aliphatic heterocycles. The molecule has 0 saturated heterocycles. The second-order valence-electron chi connectivity index (χ2n) is 5.93. The first-order valence-corrected chi connectivity index (χ1v) is 7.65. The van der Waals surface area contributed by atoms with Crippen molar-refractivity contribution in [3.8, 4) is 11.1 Å². The van der Waals surface area contributed by atoms with Gasteiger partial charge in [0, 0.05) is 24.5 Å². The van der Waals surface area contributed by atoms with Gasteiger partial charge in [0.25, 0.3) is 5.56 Å². The lowest BCUT2D eigenvalue weighted by Gasteiger charge is -2.12. The number of nitrogens with zero attached hydrogens (tertiary/aromatic N) is 4. The maximum Gasteiger partial charge on any atom is 0.434 e. The van der Waals surface area contributed by atoms with Crippen LogP contribution in [0.4, 0.5) is 26.3 Å². The molecule has 0 amide bonds. The first-order chi connectivity index (χ1) is 12.5. The summed E-state index contributed by atoms with van der Waals surface area (Å²) in [6.45, 7) is 1.06. The van der Waals surface area contributed by atoms with Crippen LogP contribution in [-0.4, -0.2) is 25.3 Å². The molecule has 0 aromatic carbocycles. The average molecular weight is 390 g/mol. The van der Waals surface area contributed by atoms with Gasteiger partial charge in [0.15, 0.2) is 5.69 Å². The van der Waals surface area contributed by atoms with Crippen molar-refractivity contribution in [1.29, 1.82) is 0 Å². The summed E-state index contributed by atoms with van der Waals surface area (Å²) in [5.41, 5.74) is -2.97. The van der Waals surface area contributed by atoms with Crippen LogP contribution in [0.3, 0.4) is 0 Å². The molecule has 0 saturated carbocycles. The summed E-state index contributed by atoms with van der Waals surface area (Å²) in [5.74, 6) is 0. The van der Waals surface area contributed by atoms with Crippen LogP contribution >= 0.6 is 0 Å². The van der Waals surface area contributed by atoms with Crippen molar-refractivity contribution < 1.29 is 26.3 Å². The Bertz CT molecular complexity index is 1050. The molecule has 3 rings (SSSR count). The SMILES string of the molecule is Cc1ccn2c(=O)c(-c3cnn(CCC(F)(F)F)c3)c(C(F)(F)F)nc2c1. The van der Waals surface area contributed by atoms with Crippen LogP contribution in [0.5, 0.6) is 0 Å². The van der Waals surface area contributed by atoms with Gasteiger partial charge in [-0.25, -0.2) is 4.98 Å². The molecular formula is C16H12F6N4O. The van der Waals surface area contributed by atoms with Gasteiger partial charge in [-0.1, -0.05) is 0 Å². The number of hydrogen-bond acceptors (Lipinski definition) is 3. The average Bonchev–Trinajstić information content (AvgIpc) is 2.99. The van der Waals surface area contributed by atoms with Gasteiger partial charge in [-0.05, 0) is 24.6 Å². The van der Waals surface area contributed by atoms with E-state index in [0.29, 0.717) is 5.56 Å². The number of aromatic nitrogens is 4. The second kappa shape index (κ2) is 6.39. The number of rotatable bonds is 3. The van der Waals surface area contributed by atoms with E-state index >= 15 is 0 Å². The van der Waals surface area contributed by atoms with Crippen LogP contribution in [0.15, 0.2) is 35.5 Å². The van der Waals surface area contributed by atoms with E-state index in [9.17, 15) is 31.1 Å². The topological polar surface area (TPSA) is 52.2 Å². The molecule has 11 heteroatoms. The van der Waals surface area contributed by atoms with Gasteiger partial charge in [-0.3, -0.25) is 13.9 Å². The lowest BCUT2D eigenvalue weighted by molar-refractivity contribution is -0.140. The van der Waals surface area contributed by atoms with E-state index in [0.717, 1.165) is 21.5 Å². The number of halogens is 6. The van der Waals surface area contributed by atoms with E-state index in [1.165, 1.54) is 18.3 Å². The summed E-state index contributed by atoms with van der Waals surface area (Å²) < 4.78 is 79.1. The van der Waals surface area contributed by atoms with Crippen LogP contribution in [0.25, 0.3) is 16.8 Å². The van der Waals surface area contributed by atoms with Crippen molar-refractivity contribution in [2.45, 2.75) is 32.2 Å². The zero-order chi connectivity index (χ0) is 20.0. The van der Waals surface area contributed by atoms with Gasteiger partial charge >= 0.3 is 12.4 Å². The fourth-order valence-electron chi connectivity index (χ4n) is 2.56. The smallest absolute Gasteiger partial charge is 0.272 e. The van der Waals surface area contributed by atoms with Gasteiger partial charge in [0.2, 0.25) is 0 Å². The van der Waals surface area contributed by atoms with Gasteiger partial charge in [-0.2, -0.15) is 31.4 Å². The molecule has 3 heterocycles. The molecule has 0 unspecified atom stereocenters. The Morgan fingerprint density at radius 2 is 1.85 bits per heavy atom. The van der Waals surface area contributed by atoms with Crippen LogP contribution in [0.2, 0.25) is 0 Å². The van der Waals surface area contributed by atoms with Crippen LogP contribution in [0.1, 0.15) is 17.7 Å². The molecule has 0 bridgehead atoms. The molecule has 27 heavy (non-hydrogen) atoms. The molecule has 3 aromatic rings. The number of hydrogen-bond donors (Lipinski definition) is 0. The number of fused-ring (bicyclic) bond motifs is 1. The van der Waals surface area contributed by atoms with Crippen molar-refractivity contribution in [3.05, 3.63) is 52.3 Å². The van der Waals surface area contributed by atoms with Crippen molar-refractivity contribution in [3.63, 3.8) is 0 Å². The summed E-state index contributed by atoms with van der Waals surface area (Å²) >= 11 is 0. The van der Waals surface area contributed by atoms with Crippen LogP contribution in [0, 0.1) is 6.92 Å². The quantitative estimate of drug-likeness (QED) is 0.639. The van der Waals surface area contributed by atoms with Gasteiger partial charge in [0.05, 0.1) is 18.2 Å². The highest BCUT2D eigenvalue weighted by atomic mass is 19.4. The highest BCUT2D eigenvalue weighted by Gasteiger charge is 2.38. The van der Waals surface area contributed by atoms with E-state index in [1.54, 1.807) is 6.92 Å². The molecule has 0 spiro atoms. The molecule has 144 valence electrons. The van der Waals surface area contributed by atoms with Gasteiger partial charge < -0.3 is 0 Å². The van der Waals surface area contributed by atoms with Crippen molar-refractivity contribution >= 4 is 5.65 Å². The Morgan fingerprint density at radius 1 is 1.15 bits per heavy atom. The Morgan fingerprint density at radius 3 is 2.48 bits per heavy atom. The first-order valence-electron chi connectivity index (χ1n) is 7.65. The molecule has 0 aliphatic rings. The Labute approximate surface area is 147 Å². The van der Waals surface area contributed by atoms with E-state index < -0.39 is 42.1 Å². The molecular weight excluding hydrogens is 378 g/mol. The van der Waals surface area contributed by atoms with Gasteiger partial charge in [0.1, 0.15) is 5.65 Å². The lowest BCUT2D eigenvalue weighted by atomic mass is 10.1. The number of alkyl halides is 6. The fraction of sp³-hybridized carbons (Fsp3) is 0.312. The molecule has 5 nitrogen and oxygen atoms in total. The predicted octanol–water partition coefficient (Wildman–Crippen LogP) is 3.84. The molecule has 0 atom stereocenters. The summed E-state index contributed by atoms with van der Waals surface area (Å²) in [6.07, 6.45) is -7.39. The number of aryl methyl sites for hydroxylation is 2. The minimum absolute atomic E-state index is 0.180. The maximum absolute atomic E-state index is 13.5. The third kappa shape index (κ3) is 3.96. The summed E-state index contributed by atoms with van der Waals surface area (Å²) in [5, 5.41) is 3.63. The van der Waals surface area contributed by atoms with E-state index in [4.69, 9.17) is 0 Å². The largest absolute Gasteiger partial charge is 0.434 e. The molecule has 0 radical (unpaired) electrons. The minimum Gasteiger partial charge on any atom is -0.272 e.